The van der Waals surface area contributed by atoms with Crippen molar-refractivity contribution in [1.82, 2.24) is 9.97 Å². The second-order valence-electron chi connectivity index (χ2n) is 4.29. The number of aromatic nitrogens is 2. The zero-order valence-corrected chi connectivity index (χ0v) is 14.5. The van der Waals surface area contributed by atoms with Crippen LogP contribution in [0, 0.1) is 0 Å². The first-order valence-electron chi connectivity index (χ1n) is 6.42. The maximum Gasteiger partial charge on any atom is 0.260 e. The topological polar surface area (TPSA) is 66.9 Å². The third-order valence-electron chi connectivity index (χ3n) is 2.61. The minimum Gasteiger partial charge on any atom is -0.369 e. The van der Waals surface area contributed by atoms with E-state index < -0.39 is 0 Å². The number of nitrogens with one attached hydrogen (secondary N) is 2. The molecule has 2 N–H and O–H groups in total. The van der Waals surface area contributed by atoms with E-state index in [4.69, 9.17) is 0 Å². The molecule has 2 heterocycles. The summed E-state index contributed by atoms with van der Waals surface area (Å²) < 4.78 is 1.60. The van der Waals surface area contributed by atoms with Crippen molar-refractivity contribution in [3.8, 4) is 0 Å². The van der Waals surface area contributed by atoms with Crippen LogP contribution < -0.4 is 10.6 Å². The SMILES string of the molecule is CCCNc1ncc(Br)cc1C(=O)Nc1ccc(Br)cn1. The average molecular weight is 414 g/mol. The second kappa shape index (κ2) is 7.51. The van der Waals surface area contributed by atoms with Gasteiger partial charge in [0, 0.05) is 27.9 Å². The standard InChI is InChI=1S/C14H14Br2N4O/c1-2-5-17-13-11(6-10(16)8-19-13)14(21)20-12-4-3-9(15)7-18-12/h3-4,6-8H,2,5H2,1H3,(H,17,19)(H,18,20,21). The van der Waals surface area contributed by atoms with Crippen LogP contribution >= 0.6 is 31.9 Å². The van der Waals surface area contributed by atoms with Gasteiger partial charge in [0.15, 0.2) is 0 Å². The van der Waals surface area contributed by atoms with Crippen molar-refractivity contribution in [1.29, 1.82) is 0 Å². The Kier molecular flexibility index (Phi) is 5.69. The largest absolute Gasteiger partial charge is 0.369 e. The van der Waals surface area contributed by atoms with Crippen molar-refractivity contribution in [3.63, 3.8) is 0 Å². The average Bonchev–Trinajstić information content (AvgIpc) is 2.48. The van der Waals surface area contributed by atoms with E-state index in [0.717, 1.165) is 21.9 Å². The van der Waals surface area contributed by atoms with E-state index in [-0.39, 0.29) is 5.91 Å². The summed E-state index contributed by atoms with van der Waals surface area (Å²) in [7, 11) is 0. The van der Waals surface area contributed by atoms with Crippen LogP contribution in [-0.2, 0) is 0 Å². The first kappa shape index (κ1) is 15.9. The third-order valence-corrected chi connectivity index (χ3v) is 3.51. The number of hydrogen-bond donors (Lipinski definition) is 2. The smallest absolute Gasteiger partial charge is 0.260 e. The molecule has 0 saturated carbocycles. The first-order valence-corrected chi connectivity index (χ1v) is 8.01. The quantitative estimate of drug-likeness (QED) is 0.774. The highest BCUT2D eigenvalue weighted by Gasteiger charge is 2.14. The minimum absolute atomic E-state index is 0.253. The zero-order valence-electron chi connectivity index (χ0n) is 11.4. The van der Waals surface area contributed by atoms with E-state index in [0.29, 0.717) is 17.2 Å². The summed E-state index contributed by atoms with van der Waals surface area (Å²) >= 11 is 6.64. The summed E-state index contributed by atoms with van der Waals surface area (Å²) in [4.78, 5) is 20.7. The van der Waals surface area contributed by atoms with Crippen molar-refractivity contribution in [2.75, 3.05) is 17.2 Å². The van der Waals surface area contributed by atoms with Crippen molar-refractivity contribution in [3.05, 3.63) is 45.1 Å². The van der Waals surface area contributed by atoms with Crippen LogP contribution in [0.1, 0.15) is 23.7 Å². The molecule has 0 atom stereocenters. The number of rotatable bonds is 5. The summed E-state index contributed by atoms with van der Waals surface area (Å²) in [6.45, 7) is 2.81. The van der Waals surface area contributed by atoms with E-state index in [1.54, 1.807) is 24.5 Å². The van der Waals surface area contributed by atoms with E-state index in [9.17, 15) is 4.79 Å². The van der Waals surface area contributed by atoms with Crippen LogP contribution in [0.15, 0.2) is 39.5 Å². The number of carbonyl (C=O) groups is 1. The number of amides is 1. The molecule has 0 spiro atoms. The van der Waals surface area contributed by atoms with Gasteiger partial charge < -0.3 is 10.6 Å². The highest BCUT2D eigenvalue weighted by atomic mass is 79.9. The molecule has 0 saturated heterocycles. The van der Waals surface area contributed by atoms with Crippen LogP contribution in [-0.4, -0.2) is 22.4 Å². The summed E-state index contributed by atoms with van der Waals surface area (Å²) in [5.74, 6) is 0.802. The second-order valence-corrected chi connectivity index (χ2v) is 6.12. The van der Waals surface area contributed by atoms with E-state index in [2.05, 4.69) is 59.4 Å². The van der Waals surface area contributed by atoms with Gasteiger partial charge in [0.25, 0.3) is 5.91 Å². The molecule has 0 aliphatic rings. The summed E-state index contributed by atoms with van der Waals surface area (Å²) in [6, 6.07) is 5.28. The van der Waals surface area contributed by atoms with Gasteiger partial charge in [0.2, 0.25) is 0 Å². The number of anilines is 2. The van der Waals surface area contributed by atoms with Gasteiger partial charge in [-0.05, 0) is 56.5 Å². The fourth-order valence-electron chi connectivity index (χ4n) is 1.63. The highest BCUT2D eigenvalue weighted by molar-refractivity contribution is 9.10. The van der Waals surface area contributed by atoms with Gasteiger partial charge in [-0.25, -0.2) is 9.97 Å². The molecule has 0 bridgehead atoms. The van der Waals surface area contributed by atoms with Gasteiger partial charge >= 0.3 is 0 Å². The Hall–Kier alpha value is -1.47. The lowest BCUT2D eigenvalue weighted by Gasteiger charge is -2.11. The molecule has 0 aliphatic heterocycles. The zero-order chi connectivity index (χ0) is 15.2. The number of pyridine rings is 2. The van der Waals surface area contributed by atoms with Gasteiger partial charge in [0.05, 0.1) is 5.56 Å². The molecule has 0 fully saturated rings. The van der Waals surface area contributed by atoms with Crippen molar-refractivity contribution < 1.29 is 4.79 Å². The number of nitrogens with zero attached hydrogens (tertiary/aromatic N) is 2. The van der Waals surface area contributed by atoms with Gasteiger partial charge in [-0.2, -0.15) is 0 Å². The molecule has 0 aromatic carbocycles. The molecule has 7 heteroatoms. The number of halogens is 2. The molecule has 2 aromatic heterocycles. The van der Waals surface area contributed by atoms with E-state index in [1.165, 1.54) is 0 Å². The van der Waals surface area contributed by atoms with Crippen LogP contribution in [0.3, 0.4) is 0 Å². The molecular formula is C14H14Br2N4O. The number of hydrogen-bond acceptors (Lipinski definition) is 4. The maximum atomic E-state index is 12.4. The molecule has 0 unspecified atom stereocenters. The Balaban J connectivity index is 2.20. The Morgan fingerprint density at radius 2 is 1.95 bits per heavy atom. The monoisotopic (exact) mass is 412 g/mol. The normalized spacial score (nSPS) is 10.2. The fourth-order valence-corrected chi connectivity index (χ4v) is 2.20. The van der Waals surface area contributed by atoms with Crippen LogP contribution in [0.4, 0.5) is 11.6 Å². The Labute approximate surface area is 139 Å². The fraction of sp³-hybridized carbons (Fsp3) is 0.214. The van der Waals surface area contributed by atoms with Crippen molar-refractivity contribution >= 4 is 49.4 Å². The van der Waals surface area contributed by atoms with Crippen molar-refractivity contribution in [2.24, 2.45) is 0 Å². The molecule has 21 heavy (non-hydrogen) atoms. The lowest BCUT2D eigenvalue weighted by molar-refractivity contribution is 0.102. The van der Waals surface area contributed by atoms with Gasteiger partial charge in [-0.15, -0.1) is 0 Å². The number of carbonyl (C=O) groups excluding carboxylic acids is 1. The molecular weight excluding hydrogens is 400 g/mol. The maximum absolute atomic E-state index is 12.4. The first-order chi connectivity index (χ1) is 10.1. The van der Waals surface area contributed by atoms with Crippen LogP contribution in [0.25, 0.3) is 0 Å². The summed E-state index contributed by atoms with van der Waals surface area (Å²) in [6.07, 6.45) is 4.24. The van der Waals surface area contributed by atoms with Crippen LogP contribution in [0.5, 0.6) is 0 Å². The molecule has 2 aromatic rings. The molecule has 110 valence electrons. The molecule has 5 nitrogen and oxygen atoms in total. The lowest BCUT2D eigenvalue weighted by Crippen LogP contribution is -2.16. The predicted octanol–water partition coefficient (Wildman–Crippen LogP) is 4.08. The van der Waals surface area contributed by atoms with Crippen molar-refractivity contribution in [2.45, 2.75) is 13.3 Å². The Morgan fingerprint density at radius 1 is 1.19 bits per heavy atom. The lowest BCUT2D eigenvalue weighted by atomic mass is 10.2. The predicted molar refractivity (Wildman–Crippen MR) is 90.6 cm³/mol. The minimum atomic E-state index is -0.253. The molecule has 1 amide bonds. The summed E-state index contributed by atoms with van der Waals surface area (Å²) in [5, 5.41) is 5.90. The van der Waals surface area contributed by atoms with E-state index in [1.807, 2.05) is 6.07 Å². The van der Waals surface area contributed by atoms with Gasteiger partial charge in [-0.1, -0.05) is 6.92 Å². The Morgan fingerprint density at radius 3 is 2.62 bits per heavy atom. The highest BCUT2D eigenvalue weighted by Crippen LogP contribution is 2.20. The van der Waals surface area contributed by atoms with E-state index >= 15 is 0 Å². The summed E-state index contributed by atoms with van der Waals surface area (Å²) in [5.41, 5.74) is 0.475. The molecule has 0 aliphatic carbocycles. The van der Waals surface area contributed by atoms with Gasteiger partial charge in [-0.3, -0.25) is 4.79 Å². The Bertz CT molecular complexity index is 631. The van der Waals surface area contributed by atoms with Gasteiger partial charge in [0.1, 0.15) is 11.6 Å². The third kappa shape index (κ3) is 4.50. The molecule has 2 rings (SSSR count). The molecule has 0 radical (unpaired) electrons. The van der Waals surface area contributed by atoms with Crippen LogP contribution in [0.2, 0.25) is 0 Å².